The van der Waals surface area contributed by atoms with Gasteiger partial charge in [0, 0.05) is 0 Å². The predicted octanol–water partition coefficient (Wildman–Crippen LogP) is 1.68. The fourth-order valence-electron chi connectivity index (χ4n) is 1.42. The Balaban J connectivity index is 1.91. The molecule has 0 radical (unpaired) electrons. The molecule has 1 heterocycles. The monoisotopic (exact) mass is 295 g/mol. The fourth-order valence-corrected chi connectivity index (χ4v) is 2.76. The summed E-state index contributed by atoms with van der Waals surface area (Å²) < 4.78 is 5.95. The van der Waals surface area contributed by atoms with E-state index in [1.54, 1.807) is 7.11 Å². The van der Waals surface area contributed by atoms with Gasteiger partial charge in [-0.2, -0.15) is 0 Å². The van der Waals surface area contributed by atoms with E-state index in [-0.39, 0.29) is 20.4 Å². The number of rotatable bonds is 4. The molecule has 0 atom stereocenters. The summed E-state index contributed by atoms with van der Waals surface area (Å²) >= 11 is 0.198. The summed E-state index contributed by atoms with van der Waals surface area (Å²) in [4.78, 5) is 13.8. The molecule has 17 heavy (non-hydrogen) atoms. The Morgan fingerprint density at radius 1 is 1.29 bits per heavy atom. The van der Waals surface area contributed by atoms with Crippen LogP contribution in [0.25, 0.3) is 0 Å². The molecule has 0 bridgehead atoms. The van der Waals surface area contributed by atoms with Gasteiger partial charge < -0.3 is 0 Å². The van der Waals surface area contributed by atoms with Gasteiger partial charge >= 0.3 is 106 Å². The molecule has 88 valence electrons. The summed E-state index contributed by atoms with van der Waals surface area (Å²) in [5, 5.41) is 2.91. The zero-order valence-corrected chi connectivity index (χ0v) is 11.2. The van der Waals surface area contributed by atoms with Crippen molar-refractivity contribution in [2.75, 3.05) is 7.11 Å². The Morgan fingerprint density at radius 3 is 2.65 bits per heavy atom. The molecule has 0 aliphatic rings. The first-order chi connectivity index (χ1) is 8.29. The van der Waals surface area contributed by atoms with Gasteiger partial charge in [0.1, 0.15) is 0 Å². The number of benzene rings is 1. The van der Waals surface area contributed by atoms with Gasteiger partial charge in [0.15, 0.2) is 0 Å². The zero-order valence-electron chi connectivity index (χ0n) is 9.47. The van der Waals surface area contributed by atoms with E-state index >= 15 is 0 Å². The Hall–Kier alpha value is -1.51. The number of hydrogen-bond acceptors (Lipinski definition) is 2. The molecule has 2 aromatic rings. The molecule has 4 heteroatoms. The van der Waals surface area contributed by atoms with E-state index in [2.05, 4.69) is 5.32 Å². The Morgan fingerprint density at radius 2 is 2.06 bits per heavy atom. The van der Waals surface area contributed by atoms with Crippen molar-refractivity contribution in [3.05, 3.63) is 51.3 Å². The van der Waals surface area contributed by atoms with Crippen LogP contribution in [0.5, 0.6) is 5.75 Å². The molecule has 0 saturated carbocycles. The van der Waals surface area contributed by atoms with Crippen molar-refractivity contribution in [2.24, 2.45) is 0 Å². The molecule has 1 amide bonds. The molecular formula is C13H13NO2Se. The standard InChI is InChI=1S/C13H13NO2Se/c1-16-11-6-4-10(5-7-11)9-14-13(15)12-3-2-8-17-12/h2-8H,9H2,1H3,(H,14,15). The Kier molecular flexibility index (Phi) is 4.02. The SMILES string of the molecule is COc1ccc(CNC(=O)c2ccc[se]2)cc1. The molecule has 3 nitrogen and oxygen atoms in total. The number of nitrogens with one attached hydrogen (secondary N) is 1. The number of carbonyl (C=O) groups is 1. The Labute approximate surface area is 106 Å². The van der Waals surface area contributed by atoms with E-state index in [0.29, 0.717) is 6.54 Å². The van der Waals surface area contributed by atoms with Crippen LogP contribution >= 0.6 is 0 Å². The average Bonchev–Trinajstić information content (AvgIpc) is 2.90. The van der Waals surface area contributed by atoms with Crippen LogP contribution in [0.3, 0.4) is 0 Å². The second-order valence-electron chi connectivity index (χ2n) is 3.51. The van der Waals surface area contributed by atoms with Gasteiger partial charge in [-0.3, -0.25) is 0 Å². The Bertz CT molecular complexity index is 477. The third-order valence-electron chi connectivity index (χ3n) is 2.36. The van der Waals surface area contributed by atoms with Crippen molar-refractivity contribution in [3.63, 3.8) is 0 Å². The molecule has 1 N–H and O–H groups in total. The molecule has 1 aromatic heterocycles. The molecule has 0 spiro atoms. The van der Waals surface area contributed by atoms with E-state index in [0.717, 1.165) is 15.8 Å². The molecule has 0 aliphatic heterocycles. The molecule has 0 fully saturated rings. The van der Waals surface area contributed by atoms with E-state index in [1.165, 1.54) is 0 Å². The van der Waals surface area contributed by atoms with E-state index in [9.17, 15) is 4.79 Å². The molecule has 0 saturated heterocycles. The van der Waals surface area contributed by atoms with E-state index < -0.39 is 0 Å². The molecule has 0 unspecified atom stereocenters. The van der Waals surface area contributed by atoms with Crippen LogP contribution in [-0.2, 0) is 6.54 Å². The van der Waals surface area contributed by atoms with Crippen LogP contribution < -0.4 is 10.1 Å². The van der Waals surface area contributed by atoms with Gasteiger partial charge in [-0.05, 0) is 0 Å². The number of ether oxygens (including phenoxy) is 1. The zero-order chi connectivity index (χ0) is 12.1. The minimum atomic E-state index is 0.0332. The first kappa shape index (κ1) is 12.0. The summed E-state index contributed by atoms with van der Waals surface area (Å²) in [6.45, 7) is 0.552. The number of methoxy groups -OCH3 is 1. The van der Waals surface area contributed by atoms with Gasteiger partial charge in [-0.15, -0.1) is 0 Å². The van der Waals surface area contributed by atoms with E-state index in [4.69, 9.17) is 4.74 Å². The van der Waals surface area contributed by atoms with Crippen molar-refractivity contribution in [3.8, 4) is 5.75 Å². The van der Waals surface area contributed by atoms with Crippen LogP contribution in [0.1, 0.15) is 14.8 Å². The average molecular weight is 294 g/mol. The van der Waals surface area contributed by atoms with Gasteiger partial charge in [0.05, 0.1) is 0 Å². The number of amides is 1. The van der Waals surface area contributed by atoms with E-state index in [1.807, 2.05) is 41.3 Å². The topological polar surface area (TPSA) is 38.3 Å². The van der Waals surface area contributed by atoms with Crippen molar-refractivity contribution >= 4 is 20.4 Å². The van der Waals surface area contributed by atoms with Crippen molar-refractivity contribution < 1.29 is 9.53 Å². The van der Waals surface area contributed by atoms with Crippen molar-refractivity contribution in [1.82, 2.24) is 5.32 Å². The molecule has 1 aromatic carbocycles. The predicted molar refractivity (Wildman–Crippen MR) is 67.5 cm³/mol. The first-order valence-corrected chi connectivity index (χ1v) is 7.09. The van der Waals surface area contributed by atoms with Crippen LogP contribution in [0.15, 0.2) is 41.3 Å². The maximum atomic E-state index is 11.7. The van der Waals surface area contributed by atoms with Crippen LogP contribution in [-0.4, -0.2) is 27.5 Å². The summed E-state index contributed by atoms with van der Waals surface area (Å²) in [6, 6.07) is 11.5. The molecule has 0 aliphatic carbocycles. The van der Waals surface area contributed by atoms with Crippen LogP contribution in [0, 0.1) is 0 Å². The van der Waals surface area contributed by atoms with Gasteiger partial charge in [-0.25, -0.2) is 0 Å². The van der Waals surface area contributed by atoms with Gasteiger partial charge in [0.2, 0.25) is 0 Å². The maximum absolute atomic E-state index is 11.7. The number of carbonyl (C=O) groups excluding carboxylic acids is 1. The third kappa shape index (κ3) is 3.22. The van der Waals surface area contributed by atoms with Crippen LogP contribution in [0.2, 0.25) is 0 Å². The van der Waals surface area contributed by atoms with Gasteiger partial charge in [-0.1, -0.05) is 0 Å². The third-order valence-corrected chi connectivity index (χ3v) is 4.18. The van der Waals surface area contributed by atoms with Crippen molar-refractivity contribution in [1.29, 1.82) is 0 Å². The molecule has 2 rings (SSSR count). The van der Waals surface area contributed by atoms with Crippen LogP contribution in [0.4, 0.5) is 0 Å². The number of hydrogen-bond donors (Lipinski definition) is 1. The van der Waals surface area contributed by atoms with Gasteiger partial charge in [0.25, 0.3) is 0 Å². The molecular weight excluding hydrogens is 281 g/mol. The first-order valence-electron chi connectivity index (χ1n) is 5.24. The van der Waals surface area contributed by atoms with Crippen molar-refractivity contribution in [2.45, 2.75) is 6.54 Å². The normalized spacial score (nSPS) is 9.94. The minimum absolute atomic E-state index is 0.0332. The second-order valence-corrected chi connectivity index (χ2v) is 5.50. The second kappa shape index (κ2) is 5.71. The fraction of sp³-hybridized carbons (Fsp3) is 0.154. The summed E-state index contributed by atoms with van der Waals surface area (Å²) in [7, 11) is 1.64. The summed E-state index contributed by atoms with van der Waals surface area (Å²) in [5.41, 5.74) is 1.07. The summed E-state index contributed by atoms with van der Waals surface area (Å²) in [6.07, 6.45) is 0. The summed E-state index contributed by atoms with van der Waals surface area (Å²) in [5.74, 6) is 0.858. The quantitative estimate of drug-likeness (QED) is 0.871.